The zero-order valence-corrected chi connectivity index (χ0v) is 23.2. The van der Waals surface area contributed by atoms with Crippen LogP contribution in [-0.4, -0.2) is 65.7 Å². The lowest BCUT2D eigenvalue weighted by Crippen LogP contribution is -3.00. The number of para-hydroxylation sites is 2. The molecule has 1 aliphatic heterocycles. The molecule has 0 saturated heterocycles. The molecule has 0 atom stereocenters. The van der Waals surface area contributed by atoms with Gasteiger partial charge in [-0.3, -0.25) is 4.79 Å². The number of thioether (sulfide) groups is 1. The van der Waals surface area contributed by atoms with Crippen LogP contribution >= 0.6 is 11.8 Å². The Morgan fingerprint density at radius 2 is 1.66 bits per heavy atom. The number of carbonyl (C=O) groups excluding carboxylic acids is 1. The van der Waals surface area contributed by atoms with Crippen LogP contribution in [0.5, 0.6) is 0 Å². The number of nitrogens with two attached hydrogens (primary N) is 1. The Labute approximate surface area is 234 Å². The number of ether oxygens (including phenoxy) is 3. The fourth-order valence-corrected chi connectivity index (χ4v) is 5.15. The largest absolute Gasteiger partial charge is 1.00 e. The Morgan fingerprint density at radius 1 is 0.974 bits per heavy atom. The van der Waals surface area contributed by atoms with Gasteiger partial charge in [0.05, 0.1) is 55.7 Å². The molecule has 0 radical (unpaired) electrons. The highest BCUT2D eigenvalue weighted by atomic mass is 35.5. The van der Waals surface area contributed by atoms with Crippen molar-refractivity contribution in [2.24, 2.45) is 5.73 Å². The number of nitrogens with zero attached hydrogens (tertiary/aromatic N) is 2. The number of aromatic nitrogens is 1. The number of carbonyl (C=O) groups is 1. The minimum atomic E-state index is -0.0558. The first-order chi connectivity index (χ1) is 18.2. The number of nitrogens with one attached hydrogen (secondary N) is 1. The molecule has 38 heavy (non-hydrogen) atoms. The molecule has 1 aliphatic rings. The van der Waals surface area contributed by atoms with Gasteiger partial charge in [0.2, 0.25) is 12.1 Å². The van der Waals surface area contributed by atoms with Crippen molar-refractivity contribution >= 4 is 40.3 Å². The Balaban J connectivity index is 0.00000400. The standard InChI is InChI=1S/C28H34N4O4S.ClH/c1-31-25-8-4-5-9-26(25)37-28(31)20-22-10-13-32(24-7-3-2-6-23(22)24)21-27(33)30-12-15-35-17-19-36-18-16-34-14-11-29;/h2-10,13,20H,11-12,14-19,21,29H2,1H3;1H. The molecule has 1 amide bonds. The quantitative estimate of drug-likeness (QED) is 0.209. The van der Waals surface area contributed by atoms with E-state index in [0.717, 1.165) is 16.5 Å². The molecule has 0 fully saturated rings. The summed E-state index contributed by atoms with van der Waals surface area (Å²) in [6.45, 7) is 4.19. The van der Waals surface area contributed by atoms with E-state index in [1.165, 1.54) is 15.6 Å². The number of benzene rings is 2. The van der Waals surface area contributed by atoms with Crippen molar-refractivity contribution in [1.82, 2.24) is 5.32 Å². The fourth-order valence-electron chi connectivity index (χ4n) is 4.05. The maximum absolute atomic E-state index is 12.6. The van der Waals surface area contributed by atoms with Gasteiger partial charge < -0.3 is 42.6 Å². The van der Waals surface area contributed by atoms with E-state index in [-0.39, 0.29) is 24.9 Å². The Kier molecular flexibility index (Phi) is 12.3. The molecule has 0 bridgehead atoms. The molecule has 2 aromatic carbocycles. The van der Waals surface area contributed by atoms with Gasteiger partial charge in [0.15, 0.2) is 6.20 Å². The summed E-state index contributed by atoms with van der Waals surface area (Å²) in [7, 11) is 2.09. The van der Waals surface area contributed by atoms with Gasteiger partial charge in [0.25, 0.3) is 5.91 Å². The van der Waals surface area contributed by atoms with E-state index in [0.29, 0.717) is 52.7 Å². The van der Waals surface area contributed by atoms with Crippen LogP contribution in [0.2, 0.25) is 0 Å². The molecule has 0 aliphatic carbocycles. The Bertz CT molecular complexity index is 1230. The number of fused-ring (bicyclic) bond motifs is 2. The average molecular weight is 559 g/mol. The fraction of sp³-hybridized carbons (Fsp3) is 0.357. The summed E-state index contributed by atoms with van der Waals surface area (Å²) >= 11 is 1.77. The summed E-state index contributed by atoms with van der Waals surface area (Å²) in [5.74, 6) is -0.0558. The molecular formula is C28H35ClN4O4S. The van der Waals surface area contributed by atoms with Crippen LogP contribution in [0.15, 0.2) is 70.7 Å². The third-order valence-corrected chi connectivity index (χ3v) is 7.06. The normalized spacial score (nSPS) is 13.5. The second kappa shape index (κ2) is 15.7. The highest BCUT2D eigenvalue weighted by Gasteiger charge is 2.22. The van der Waals surface area contributed by atoms with Crippen LogP contribution in [0.1, 0.15) is 5.56 Å². The minimum absolute atomic E-state index is 0. The third-order valence-electron chi connectivity index (χ3n) is 5.90. The molecule has 0 unspecified atom stereocenters. The van der Waals surface area contributed by atoms with E-state index in [1.807, 2.05) is 22.9 Å². The Hall–Kier alpha value is -2.66. The van der Waals surface area contributed by atoms with Gasteiger partial charge in [0.1, 0.15) is 0 Å². The SMILES string of the molecule is CN1/C(=C/c2cc[n+](CC(=O)NCCOCCOCCOCCN)c3ccccc23)Sc2ccccc21.[Cl-]. The smallest absolute Gasteiger partial charge is 0.286 e. The number of amides is 1. The predicted octanol–water partition coefficient (Wildman–Crippen LogP) is -0.203. The molecule has 0 saturated carbocycles. The third kappa shape index (κ3) is 8.17. The summed E-state index contributed by atoms with van der Waals surface area (Å²) in [6, 6.07) is 18.7. The number of anilines is 1. The Morgan fingerprint density at radius 3 is 2.42 bits per heavy atom. The molecule has 3 N–H and O–H groups in total. The van der Waals surface area contributed by atoms with E-state index >= 15 is 0 Å². The van der Waals surface area contributed by atoms with Crippen LogP contribution < -0.4 is 32.9 Å². The van der Waals surface area contributed by atoms with Gasteiger partial charge in [-0.25, -0.2) is 0 Å². The van der Waals surface area contributed by atoms with Gasteiger partial charge in [-0.2, -0.15) is 4.57 Å². The van der Waals surface area contributed by atoms with E-state index in [2.05, 4.69) is 65.8 Å². The molecule has 10 heteroatoms. The van der Waals surface area contributed by atoms with E-state index < -0.39 is 0 Å². The zero-order chi connectivity index (χ0) is 25.9. The highest BCUT2D eigenvalue weighted by molar-refractivity contribution is 8.03. The number of hydrogen-bond donors (Lipinski definition) is 2. The van der Waals surface area contributed by atoms with Crippen molar-refractivity contribution in [2.45, 2.75) is 11.4 Å². The van der Waals surface area contributed by atoms with Crippen molar-refractivity contribution in [3.8, 4) is 0 Å². The topological polar surface area (TPSA) is 89.9 Å². The average Bonchev–Trinajstić information content (AvgIpc) is 3.23. The lowest BCUT2D eigenvalue weighted by Gasteiger charge is -2.13. The number of rotatable bonds is 14. The molecule has 0 spiro atoms. The number of hydrogen-bond acceptors (Lipinski definition) is 7. The molecule has 8 nitrogen and oxygen atoms in total. The lowest BCUT2D eigenvalue weighted by atomic mass is 10.1. The van der Waals surface area contributed by atoms with Gasteiger partial charge in [-0.05, 0) is 29.8 Å². The second-order valence-electron chi connectivity index (χ2n) is 8.50. The van der Waals surface area contributed by atoms with E-state index in [4.69, 9.17) is 19.9 Å². The summed E-state index contributed by atoms with van der Waals surface area (Å²) in [5.41, 5.74) is 8.71. The van der Waals surface area contributed by atoms with E-state index in [9.17, 15) is 4.79 Å². The zero-order valence-electron chi connectivity index (χ0n) is 21.6. The first-order valence-corrected chi connectivity index (χ1v) is 13.3. The molecule has 2 heterocycles. The van der Waals surface area contributed by atoms with E-state index in [1.54, 1.807) is 11.8 Å². The molecule has 3 aromatic rings. The molecule has 204 valence electrons. The predicted molar refractivity (Wildman–Crippen MR) is 147 cm³/mol. The van der Waals surface area contributed by atoms with Crippen molar-refractivity contribution < 1.29 is 36.0 Å². The van der Waals surface area contributed by atoms with Crippen LogP contribution in [0.3, 0.4) is 0 Å². The highest BCUT2D eigenvalue weighted by Crippen LogP contribution is 2.45. The summed E-state index contributed by atoms with van der Waals surface area (Å²) in [5, 5.41) is 5.21. The maximum Gasteiger partial charge on any atom is 0.286 e. The molecule has 1 aromatic heterocycles. The monoisotopic (exact) mass is 558 g/mol. The van der Waals surface area contributed by atoms with Gasteiger partial charge in [-0.1, -0.05) is 36.0 Å². The first kappa shape index (κ1) is 29.9. The van der Waals surface area contributed by atoms with Crippen LogP contribution in [0, 0.1) is 0 Å². The van der Waals surface area contributed by atoms with Crippen LogP contribution in [0.25, 0.3) is 17.0 Å². The van der Waals surface area contributed by atoms with Crippen molar-refractivity contribution in [1.29, 1.82) is 0 Å². The minimum Gasteiger partial charge on any atom is -1.00 e. The summed E-state index contributed by atoms with van der Waals surface area (Å²) in [6.07, 6.45) is 4.19. The number of pyridine rings is 1. The summed E-state index contributed by atoms with van der Waals surface area (Å²) in [4.78, 5) is 16.1. The summed E-state index contributed by atoms with van der Waals surface area (Å²) < 4.78 is 18.2. The van der Waals surface area contributed by atoms with Gasteiger partial charge in [0, 0.05) is 37.2 Å². The van der Waals surface area contributed by atoms with Gasteiger partial charge >= 0.3 is 0 Å². The lowest BCUT2D eigenvalue weighted by molar-refractivity contribution is -0.658. The van der Waals surface area contributed by atoms with Crippen molar-refractivity contribution in [2.75, 3.05) is 64.7 Å². The number of halogens is 1. The van der Waals surface area contributed by atoms with Crippen molar-refractivity contribution in [3.63, 3.8) is 0 Å². The van der Waals surface area contributed by atoms with Gasteiger partial charge in [-0.15, -0.1) is 0 Å². The first-order valence-electron chi connectivity index (χ1n) is 12.5. The molecule has 4 rings (SSSR count). The van der Waals surface area contributed by atoms with Crippen molar-refractivity contribution in [3.05, 3.63) is 71.4 Å². The van der Waals surface area contributed by atoms with Crippen LogP contribution in [-0.2, 0) is 25.5 Å². The molecular weight excluding hydrogens is 524 g/mol. The second-order valence-corrected chi connectivity index (χ2v) is 9.57. The van der Waals surface area contributed by atoms with Crippen LogP contribution in [0.4, 0.5) is 5.69 Å². The maximum atomic E-state index is 12.6.